The largest absolute Gasteiger partial charge is 0.493 e. The molecule has 1 rings (SSSR count). The molecule has 4 nitrogen and oxygen atoms in total. The molecule has 1 N–H and O–H groups in total. The van der Waals surface area contributed by atoms with Gasteiger partial charge in [0.25, 0.3) is 0 Å². The summed E-state index contributed by atoms with van der Waals surface area (Å²) < 4.78 is 23.9. The molecular weight excluding hydrogens is 251 g/mol. The van der Waals surface area contributed by atoms with Crippen molar-refractivity contribution in [1.82, 2.24) is 0 Å². The van der Waals surface area contributed by atoms with Crippen LogP contribution in [0.2, 0.25) is 0 Å². The van der Waals surface area contributed by atoms with E-state index in [2.05, 4.69) is 0 Å². The maximum atomic E-state index is 13.9. The number of benzene rings is 1. The first kappa shape index (κ1) is 15.4. The van der Waals surface area contributed by atoms with Gasteiger partial charge in [0.2, 0.25) is 0 Å². The summed E-state index contributed by atoms with van der Waals surface area (Å²) in [7, 11) is 2.88. The lowest BCUT2D eigenvalue weighted by Gasteiger charge is -2.21. The van der Waals surface area contributed by atoms with Crippen LogP contribution in [-0.2, 0) is 22.6 Å². The van der Waals surface area contributed by atoms with Gasteiger partial charge in [-0.1, -0.05) is 0 Å². The van der Waals surface area contributed by atoms with Crippen LogP contribution in [0.3, 0.4) is 0 Å². The number of hydrogen-bond donors (Lipinski definition) is 1. The molecule has 1 aromatic rings. The number of hydrogen-bond acceptors (Lipinski definition) is 3. The Hall–Kier alpha value is -1.62. The summed E-state index contributed by atoms with van der Waals surface area (Å²) >= 11 is 0. The summed E-state index contributed by atoms with van der Waals surface area (Å²) in [5.41, 5.74) is 0.185. The van der Waals surface area contributed by atoms with Crippen LogP contribution < -0.4 is 4.74 Å². The molecule has 0 heterocycles. The smallest absolute Gasteiger partial charge is 0.309 e. The fraction of sp³-hybridized carbons (Fsp3) is 0.500. The first-order chi connectivity index (χ1) is 8.81. The molecule has 0 bridgehead atoms. The number of carboxylic acids is 1. The monoisotopic (exact) mass is 270 g/mol. The van der Waals surface area contributed by atoms with Gasteiger partial charge in [-0.25, -0.2) is 4.39 Å². The van der Waals surface area contributed by atoms with Gasteiger partial charge in [-0.05, 0) is 43.5 Å². The lowest BCUT2D eigenvalue weighted by atomic mass is 9.85. The zero-order valence-corrected chi connectivity index (χ0v) is 11.6. The third kappa shape index (κ3) is 3.67. The lowest BCUT2D eigenvalue weighted by molar-refractivity contribution is -0.146. The first-order valence-corrected chi connectivity index (χ1v) is 5.89. The minimum Gasteiger partial charge on any atom is -0.493 e. The van der Waals surface area contributed by atoms with Gasteiger partial charge in [0.15, 0.2) is 11.6 Å². The van der Waals surface area contributed by atoms with Gasteiger partial charge in [0.1, 0.15) is 0 Å². The Morgan fingerprint density at radius 2 is 2.00 bits per heavy atom. The molecule has 0 radical (unpaired) electrons. The van der Waals surface area contributed by atoms with Gasteiger partial charge in [0, 0.05) is 7.11 Å². The molecule has 0 atom stereocenters. The van der Waals surface area contributed by atoms with Gasteiger partial charge in [0.05, 0.1) is 19.1 Å². The molecule has 1 aromatic carbocycles. The maximum Gasteiger partial charge on any atom is 0.309 e. The summed E-state index contributed by atoms with van der Waals surface area (Å²) in [5, 5.41) is 9.15. The summed E-state index contributed by atoms with van der Waals surface area (Å²) in [5.74, 6) is -1.35. The van der Waals surface area contributed by atoms with Crippen LogP contribution in [0.15, 0.2) is 12.1 Å². The van der Waals surface area contributed by atoms with Crippen LogP contribution in [0.4, 0.5) is 4.39 Å². The molecule has 106 valence electrons. The molecule has 0 saturated carbocycles. The Kier molecular flexibility index (Phi) is 4.89. The highest BCUT2D eigenvalue weighted by Crippen LogP contribution is 2.31. The molecule has 0 saturated heterocycles. The number of methoxy groups -OCH3 is 2. The van der Waals surface area contributed by atoms with Crippen molar-refractivity contribution in [2.45, 2.75) is 26.9 Å². The predicted octanol–water partition coefficient (Wildman–Crippen LogP) is 2.63. The zero-order valence-electron chi connectivity index (χ0n) is 11.6. The third-order valence-corrected chi connectivity index (χ3v) is 2.91. The van der Waals surface area contributed by atoms with Crippen molar-refractivity contribution in [1.29, 1.82) is 0 Å². The van der Waals surface area contributed by atoms with E-state index in [0.29, 0.717) is 11.1 Å². The number of halogens is 1. The van der Waals surface area contributed by atoms with Gasteiger partial charge in [-0.15, -0.1) is 0 Å². The van der Waals surface area contributed by atoms with Crippen LogP contribution in [-0.4, -0.2) is 25.3 Å². The van der Waals surface area contributed by atoms with Crippen molar-refractivity contribution in [2.75, 3.05) is 14.2 Å². The molecule has 5 heteroatoms. The molecule has 0 fully saturated rings. The van der Waals surface area contributed by atoms with E-state index in [1.807, 2.05) is 0 Å². The average molecular weight is 270 g/mol. The Morgan fingerprint density at radius 3 is 2.47 bits per heavy atom. The molecule has 0 aliphatic carbocycles. The van der Waals surface area contributed by atoms with Crippen LogP contribution in [0.25, 0.3) is 0 Å². The van der Waals surface area contributed by atoms with E-state index < -0.39 is 17.2 Å². The number of carbonyl (C=O) groups is 1. The number of ether oxygens (including phenoxy) is 2. The van der Waals surface area contributed by atoms with Crippen LogP contribution >= 0.6 is 0 Å². The highest BCUT2D eigenvalue weighted by molar-refractivity contribution is 5.74. The Bertz CT molecular complexity index is 469. The fourth-order valence-corrected chi connectivity index (χ4v) is 1.87. The van der Waals surface area contributed by atoms with Crippen molar-refractivity contribution in [3.8, 4) is 5.75 Å². The maximum absolute atomic E-state index is 13.9. The van der Waals surface area contributed by atoms with E-state index in [1.54, 1.807) is 19.9 Å². The summed E-state index contributed by atoms with van der Waals surface area (Å²) in [6.45, 7) is 3.45. The standard InChI is InChI=1S/C14H19FO4/c1-14(2,13(16)17)7-10-5-9(8-18-3)6-11(15)12(10)19-4/h5-6H,7-8H2,1-4H3,(H,16,17). The quantitative estimate of drug-likeness (QED) is 0.863. The summed E-state index contributed by atoms with van der Waals surface area (Å²) in [6.07, 6.45) is 0.181. The Balaban J connectivity index is 3.20. The molecule has 0 amide bonds. The molecular formula is C14H19FO4. The van der Waals surface area contributed by atoms with E-state index in [9.17, 15) is 9.18 Å². The first-order valence-electron chi connectivity index (χ1n) is 5.89. The average Bonchev–Trinajstić information content (AvgIpc) is 2.28. The van der Waals surface area contributed by atoms with E-state index in [4.69, 9.17) is 14.6 Å². The van der Waals surface area contributed by atoms with Crippen LogP contribution in [0.5, 0.6) is 5.75 Å². The highest BCUT2D eigenvalue weighted by atomic mass is 19.1. The van der Waals surface area contributed by atoms with E-state index in [-0.39, 0.29) is 18.8 Å². The van der Waals surface area contributed by atoms with Gasteiger partial charge < -0.3 is 14.6 Å². The number of rotatable bonds is 6. The van der Waals surface area contributed by atoms with Crippen LogP contribution in [0, 0.1) is 11.2 Å². The third-order valence-electron chi connectivity index (χ3n) is 2.91. The normalized spacial score (nSPS) is 11.4. The van der Waals surface area contributed by atoms with Crippen molar-refractivity contribution >= 4 is 5.97 Å². The van der Waals surface area contributed by atoms with Crippen molar-refractivity contribution in [2.24, 2.45) is 5.41 Å². The summed E-state index contributed by atoms with van der Waals surface area (Å²) in [6, 6.07) is 3.05. The fourth-order valence-electron chi connectivity index (χ4n) is 1.87. The zero-order chi connectivity index (χ0) is 14.6. The lowest BCUT2D eigenvalue weighted by Crippen LogP contribution is -2.26. The molecule has 0 spiro atoms. The molecule has 0 aliphatic rings. The molecule has 0 aromatic heterocycles. The van der Waals surface area contributed by atoms with E-state index in [1.165, 1.54) is 20.3 Å². The van der Waals surface area contributed by atoms with E-state index >= 15 is 0 Å². The predicted molar refractivity (Wildman–Crippen MR) is 68.8 cm³/mol. The molecule has 19 heavy (non-hydrogen) atoms. The second-order valence-electron chi connectivity index (χ2n) is 5.07. The minimum absolute atomic E-state index is 0.0918. The van der Waals surface area contributed by atoms with Crippen LogP contribution in [0.1, 0.15) is 25.0 Å². The second-order valence-corrected chi connectivity index (χ2v) is 5.07. The molecule has 0 aliphatic heterocycles. The van der Waals surface area contributed by atoms with Crippen molar-refractivity contribution in [3.63, 3.8) is 0 Å². The van der Waals surface area contributed by atoms with Gasteiger partial charge in [-0.3, -0.25) is 4.79 Å². The van der Waals surface area contributed by atoms with Gasteiger partial charge in [-0.2, -0.15) is 0 Å². The Labute approximate surface area is 112 Å². The van der Waals surface area contributed by atoms with Crippen molar-refractivity contribution < 1.29 is 23.8 Å². The second kappa shape index (κ2) is 6.02. The SMILES string of the molecule is COCc1cc(F)c(OC)c(CC(C)(C)C(=O)O)c1. The summed E-state index contributed by atoms with van der Waals surface area (Å²) in [4.78, 5) is 11.2. The van der Waals surface area contributed by atoms with E-state index in [0.717, 1.165) is 0 Å². The topological polar surface area (TPSA) is 55.8 Å². The number of carboxylic acid groups (broad SMARTS) is 1. The Morgan fingerprint density at radius 1 is 1.37 bits per heavy atom. The van der Waals surface area contributed by atoms with Gasteiger partial charge >= 0.3 is 5.97 Å². The number of aliphatic carboxylic acids is 1. The van der Waals surface area contributed by atoms with Crippen molar-refractivity contribution in [3.05, 3.63) is 29.1 Å². The minimum atomic E-state index is -0.995. The molecule has 0 unspecified atom stereocenters. The highest BCUT2D eigenvalue weighted by Gasteiger charge is 2.29.